The molecule has 0 unspecified atom stereocenters. The van der Waals surface area contributed by atoms with Gasteiger partial charge >= 0.3 is 0 Å². The molecule has 0 atom stereocenters. The molecule has 0 aliphatic heterocycles. The van der Waals surface area contributed by atoms with Crippen LogP contribution in [0.5, 0.6) is 0 Å². The third kappa shape index (κ3) is 12.6. The lowest BCUT2D eigenvalue weighted by Crippen LogP contribution is -1.98. The molecule has 0 N–H and O–H groups in total. The average molecular weight is 541 g/mol. The molecule has 0 saturated heterocycles. The van der Waals surface area contributed by atoms with E-state index in [4.69, 9.17) is 0 Å². The predicted octanol–water partition coefficient (Wildman–Crippen LogP) is 11.9. The molecule has 0 amide bonds. The van der Waals surface area contributed by atoms with Crippen molar-refractivity contribution in [2.24, 2.45) is 0 Å². The fraction of sp³-hybridized carbons (Fsp3) is 0.526. The smallest absolute Gasteiger partial charge is 0.0406 e. The lowest BCUT2D eigenvalue weighted by atomic mass is 10.1. The van der Waals surface area contributed by atoms with Gasteiger partial charge in [-0.05, 0) is 60.4 Å². The van der Waals surface area contributed by atoms with Crippen LogP contribution in [0.1, 0.15) is 139 Å². The largest absolute Gasteiger partial charge is 0.348 e. The van der Waals surface area contributed by atoms with E-state index in [-0.39, 0.29) is 0 Å². The zero-order valence-corrected chi connectivity index (χ0v) is 25.7. The summed E-state index contributed by atoms with van der Waals surface area (Å²) in [5.74, 6) is 0. The molecule has 0 bridgehead atoms. The highest BCUT2D eigenvalue weighted by atomic mass is 15.0. The number of nitrogens with zero attached hydrogens (tertiary/aromatic N) is 2. The van der Waals surface area contributed by atoms with E-state index < -0.39 is 0 Å². The van der Waals surface area contributed by atoms with Gasteiger partial charge in [-0.25, -0.2) is 0 Å². The van der Waals surface area contributed by atoms with Crippen molar-refractivity contribution in [3.05, 3.63) is 83.4 Å². The van der Waals surface area contributed by atoms with Crippen LogP contribution in [0.15, 0.2) is 60.9 Å². The van der Waals surface area contributed by atoms with Crippen LogP contribution < -0.4 is 0 Å². The summed E-state index contributed by atoms with van der Waals surface area (Å²) in [5, 5.41) is 0. The lowest BCUT2D eigenvalue weighted by Gasteiger charge is -2.07. The first-order valence-corrected chi connectivity index (χ1v) is 16.6. The van der Waals surface area contributed by atoms with E-state index in [1.165, 1.54) is 125 Å². The highest BCUT2D eigenvalue weighted by molar-refractivity contribution is 5.72. The van der Waals surface area contributed by atoms with Crippen LogP contribution in [0.4, 0.5) is 0 Å². The number of aryl methyl sites for hydroxylation is 2. The average Bonchev–Trinajstić information content (AvgIpc) is 3.63. The van der Waals surface area contributed by atoms with E-state index in [1.54, 1.807) is 0 Å². The Morgan fingerprint density at radius 3 is 1.15 bits per heavy atom. The highest BCUT2D eigenvalue weighted by Crippen LogP contribution is 2.16. The van der Waals surface area contributed by atoms with Gasteiger partial charge < -0.3 is 9.13 Å². The van der Waals surface area contributed by atoms with Crippen LogP contribution in [0.3, 0.4) is 0 Å². The summed E-state index contributed by atoms with van der Waals surface area (Å²) >= 11 is 0. The molecule has 2 nitrogen and oxygen atoms in total. The number of hydrogen-bond donors (Lipinski definition) is 0. The number of hydrogen-bond acceptors (Lipinski definition) is 0. The van der Waals surface area contributed by atoms with Gasteiger partial charge in [0, 0.05) is 36.9 Å². The van der Waals surface area contributed by atoms with Crippen LogP contribution in [-0.4, -0.2) is 9.13 Å². The Kier molecular flexibility index (Phi) is 16.0. The van der Waals surface area contributed by atoms with E-state index in [1.807, 2.05) is 0 Å². The number of aromatic nitrogens is 2. The Morgan fingerprint density at radius 2 is 0.775 bits per heavy atom. The molecule has 218 valence electrons. The second-order valence-corrected chi connectivity index (χ2v) is 11.5. The summed E-state index contributed by atoms with van der Waals surface area (Å²) in [4.78, 5) is 0. The Balaban J connectivity index is 1.39. The minimum atomic E-state index is 1.12. The van der Waals surface area contributed by atoms with Crippen molar-refractivity contribution in [3.63, 3.8) is 0 Å². The van der Waals surface area contributed by atoms with Gasteiger partial charge in [-0.15, -0.1) is 0 Å². The SMILES string of the molecule is CCCCCCCCCCn1cccc1C=Cc1ccc(C=Cc2cccn2CCCCCCCCCC)cc1. The summed E-state index contributed by atoms with van der Waals surface area (Å²) in [6.45, 7) is 6.81. The van der Waals surface area contributed by atoms with Crippen molar-refractivity contribution in [2.75, 3.05) is 0 Å². The molecule has 0 aliphatic rings. The van der Waals surface area contributed by atoms with E-state index in [2.05, 4.69) is 108 Å². The molecule has 2 aromatic heterocycles. The van der Waals surface area contributed by atoms with E-state index >= 15 is 0 Å². The Hall–Kier alpha value is -2.74. The molecule has 0 saturated carbocycles. The second kappa shape index (κ2) is 20.2. The van der Waals surface area contributed by atoms with Gasteiger partial charge in [0.1, 0.15) is 0 Å². The Morgan fingerprint density at radius 1 is 0.425 bits per heavy atom. The fourth-order valence-corrected chi connectivity index (χ4v) is 5.48. The molecule has 2 heterocycles. The summed E-state index contributed by atoms with van der Waals surface area (Å²) < 4.78 is 4.79. The maximum Gasteiger partial charge on any atom is 0.0406 e. The van der Waals surface area contributed by atoms with Gasteiger partial charge in [-0.1, -0.05) is 140 Å². The van der Waals surface area contributed by atoms with Crippen LogP contribution in [0.2, 0.25) is 0 Å². The van der Waals surface area contributed by atoms with Gasteiger partial charge in [-0.2, -0.15) is 0 Å². The monoisotopic (exact) mass is 540 g/mol. The van der Waals surface area contributed by atoms with Crippen LogP contribution >= 0.6 is 0 Å². The standard InChI is InChI=1S/C38H56N2/c1-3-5-7-9-11-13-15-17-31-39-33-19-21-37(39)29-27-35-23-25-36(26-24-35)28-30-38-22-20-34-40(38)32-18-16-14-12-10-8-6-4-2/h19-30,33-34H,3-18,31-32H2,1-2H3. The maximum absolute atomic E-state index is 2.40. The van der Waals surface area contributed by atoms with Crippen LogP contribution in [-0.2, 0) is 13.1 Å². The molecular weight excluding hydrogens is 484 g/mol. The van der Waals surface area contributed by atoms with Gasteiger partial charge in [0.05, 0.1) is 0 Å². The van der Waals surface area contributed by atoms with Crippen molar-refractivity contribution in [1.29, 1.82) is 0 Å². The summed E-state index contributed by atoms with van der Waals surface area (Å²) in [6.07, 6.45) is 35.3. The quantitative estimate of drug-likeness (QED) is 0.112. The third-order valence-electron chi connectivity index (χ3n) is 8.06. The van der Waals surface area contributed by atoms with E-state index in [0.717, 1.165) is 13.1 Å². The van der Waals surface area contributed by atoms with Crippen molar-refractivity contribution in [1.82, 2.24) is 9.13 Å². The Labute approximate surface area is 246 Å². The van der Waals surface area contributed by atoms with Crippen molar-refractivity contribution in [3.8, 4) is 0 Å². The van der Waals surface area contributed by atoms with Gasteiger partial charge in [0.2, 0.25) is 0 Å². The zero-order chi connectivity index (χ0) is 28.1. The fourth-order valence-electron chi connectivity index (χ4n) is 5.48. The molecular formula is C38H56N2. The molecule has 0 radical (unpaired) electrons. The molecule has 0 fully saturated rings. The summed E-state index contributed by atoms with van der Waals surface area (Å²) in [7, 11) is 0. The van der Waals surface area contributed by atoms with Crippen molar-refractivity contribution >= 4 is 24.3 Å². The first kappa shape index (κ1) is 31.8. The van der Waals surface area contributed by atoms with Gasteiger partial charge in [-0.3, -0.25) is 0 Å². The first-order chi connectivity index (χ1) is 19.8. The maximum atomic E-state index is 2.40. The molecule has 3 rings (SSSR count). The molecule has 2 heteroatoms. The van der Waals surface area contributed by atoms with Crippen molar-refractivity contribution in [2.45, 2.75) is 130 Å². The van der Waals surface area contributed by atoms with E-state index in [0.29, 0.717) is 0 Å². The number of benzene rings is 1. The minimum absolute atomic E-state index is 1.12. The topological polar surface area (TPSA) is 9.86 Å². The summed E-state index contributed by atoms with van der Waals surface area (Å²) in [6, 6.07) is 17.7. The predicted molar refractivity (Wildman–Crippen MR) is 178 cm³/mol. The molecule has 0 spiro atoms. The lowest BCUT2D eigenvalue weighted by molar-refractivity contribution is 0.543. The van der Waals surface area contributed by atoms with Crippen LogP contribution in [0.25, 0.3) is 24.3 Å². The number of rotatable bonds is 22. The zero-order valence-electron chi connectivity index (χ0n) is 25.7. The number of unbranched alkanes of at least 4 members (excludes halogenated alkanes) is 14. The molecule has 40 heavy (non-hydrogen) atoms. The normalized spacial score (nSPS) is 11.8. The molecule has 1 aromatic carbocycles. The second-order valence-electron chi connectivity index (χ2n) is 11.5. The summed E-state index contributed by atoms with van der Waals surface area (Å²) in [5.41, 5.74) is 5.08. The van der Waals surface area contributed by atoms with Gasteiger partial charge in [0.25, 0.3) is 0 Å². The molecule has 0 aliphatic carbocycles. The Bertz CT molecular complexity index is 992. The van der Waals surface area contributed by atoms with Gasteiger partial charge in [0.15, 0.2) is 0 Å². The van der Waals surface area contributed by atoms with Crippen LogP contribution in [0, 0.1) is 0 Å². The third-order valence-corrected chi connectivity index (χ3v) is 8.06. The minimum Gasteiger partial charge on any atom is -0.348 e. The van der Waals surface area contributed by atoms with Crippen molar-refractivity contribution < 1.29 is 0 Å². The van der Waals surface area contributed by atoms with E-state index in [9.17, 15) is 0 Å². The molecule has 3 aromatic rings. The first-order valence-electron chi connectivity index (χ1n) is 16.6. The highest BCUT2D eigenvalue weighted by Gasteiger charge is 2.00.